The van der Waals surface area contributed by atoms with Gasteiger partial charge in [-0.1, -0.05) is 68.8 Å². The molecule has 0 N–H and O–H groups in total. The van der Waals surface area contributed by atoms with Crippen LogP contribution in [0.5, 0.6) is 0 Å². The van der Waals surface area contributed by atoms with Crippen molar-refractivity contribution in [1.29, 1.82) is 0 Å². The molecular weight excluding hydrogens is 271 g/mol. The number of hydrogen-bond acceptors (Lipinski definition) is 2. The van der Waals surface area contributed by atoms with Crippen LogP contribution in [0.15, 0.2) is 30.3 Å². The van der Waals surface area contributed by atoms with Crippen molar-refractivity contribution >= 4 is 17.8 Å². The summed E-state index contributed by atoms with van der Waals surface area (Å²) in [6.45, 7) is 4.48. The van der Waals surface area contributed by atoms with Gasteiger partial charge in [0.1, 0.15) is 5.85 Å². The van der Waals surface area contributed by atoms with Crippen LogP contribution in [-0.2, 0) is 16.5 Å². The summed E-state index contributed by atoms with van der Waals surface area (Å²) in [6, 6.07) is 9.07. The van der Waals surface area contributed by atoms with Gasteiger partial charge in [0.2, 0.25) is 0 Å². The Morgan fingerprint density at radius 1 is 1.05 bits per heavy atom. The Hall–Kier alpha value is -0.170. The minimum absolute atomic E-state index is 0.141. The van der Waals surface area contributed by atoms with Crippen LogP contribution in [0.1, 0.15) is 50.9 Å². The molecule has 0 aromatic heterocycles. The maximum atomic E-state index is 6.12. The van der Waals surface area contributed by atoms with Gasteiger partial charge in [0.05, 0.1) is 0 Å². The lowest BCUT2D eigenvalue weighted by Gasteiger charge is -2.31. The van der Waals surface area contributed by atoms with E-state index in [4.69, 9.17) is 16.5 Å². The van der Waals surface area contributed by atoms with Crippen molar-refractivity contribution in [2.24, 2.45) is 0 Å². The van der Waals surface area contributed by atoms with Crippen LogP contribution in [0.25, 0.3) is 0 Å². The van der Waals surface area contributed by atoms with Crippen molar-refractivity contribution in [3.63, 3.8) is 0 Å². The molecule has 19 heavy (non-hydrogen) atoms. The Morgan fingerprint density at radius 2 is 1.58 bits per heavy atom. The van der Waals surface area contributed by atoms with Crippen molar-refractivity contribution in [2.45, 2.75) is 45.4 Å². The van der Waals surface area contributed by atoms with Gasteiger partial charge in [-0.3, -0.25) is 0 Å². The summed E-state index contributed by atoms with van der Waals surface area (Å²) in [4.78, 5) is 0. The van der Waals surface area contributed by atoms with Gasteiger partial charge in [0, 0.05) is 7.11 Å². The molecule has 0 aliphatic rings. The molecule has 1 aromatic rings. The largest absolute Gasteiger partial charge is 0.371 e. The zero-order valence-electron chi connectivity index (χ0n) is 12.5. The highest BCUT2D eigenvalue weighted by molar-refractivity contribution is 8.14. The van der Waals surface area contributed by atoms with E-state index in [1.807, 2.05) is 7.11 Å². The molecule has 108 valence electrons. The lowest BCUT2D eigenvalue weighted by molar-refractivity contribution is 0.170. The number of ether oxygens (including phenoxy) is 1. The Balaban J connectivity index is 2.95. The molecule has 1 unspecified atom stereocenters. The fraction of sp³-hybridized carbons (Fsp3) is 0.625. The van der Waals surface area contributed by atoms with E-state index in [1.54, 1.807) is 0 Å². The van der Waals surface area contributed by atoms with E-state index < -0.39 is 6.04 Å². The molecule has 3 heteroatoms. The van der Waals surface area contributed by atoms with E-state index in [0.717, 1.165) is 0 Å². The lowest BCUT2D eigenvalue weighted by Crippen LogP contribution is -2.09. The van der Waals surface area contributed by atoms with Crippen LogP contribution < -0.4 is 0 Å². The molecular formula is C16H27OPS. The summed E-state index contributed by atoms with van der Waals surface area (Å²) in [5.74, 6) is 0.141. The van der Waals surface area contributed by atoms with E-state index >= 15 is 0 Å². The number of rotatable bonds is 9. The lowest BCUT2D eigenvalue weighted by atomic mass is 10.2. The van der Waals surface area contributed by atoms with Crippen LogP contribution in [0.2, 0.25) is 0 Å². The SMILES string of the molecule is CCCCP(=S)(CCCC)C(OC)c1ccccc1. The molecule has 1 aromatic carbocycles. The van der Waals surface area contributed by atoms with Gasteiger partial charge < -0.3 is 4.74 Å². The fourth-order valence-corrected chi connectivity index (χ4v) is 7.31. The molecule has 1 nitrogen and oxygen atoms in total. The number of benzene rings is 1. The minimum atomic E-state index is -1.47. The quantitative estimate of drug-likeness (QED) is 0.564. The zero-order valence-corrected chi connectivity index (χ0v) is 14.2. The Kier molecular flexibility index (Phi) is 7.90. The normalized spacial score (nSPS) is 13.4. The van der Waals surface area contributed by atoms with Crippen LogP contribution in [0, 0.1) is 0 Å². The van der Waals surface area contributed by atoms with E-state index in [1.165, 1.54) is 43.6 Å². The highest BCUT2D eigenvalue weighted by Crippen LogP contribution is 2.60. The minimum Gasteiger partial charge on any atom is -0.371 e. The molecule has 1 atom stereocenters. The summed E-state index contributed by atoms with van der Waals surface area (Å²) in [5.41, 5.74) is 1.26. The highest BCUT2D eigenvalue weighted by atomic mass is 32.4. The first-order chi connectivity index (χ1) is 9.18. The van der Waals surface area contributed by atoms with Gasteiger partial charge >= 0.3 is 0 Å². The van der Waals surface area contributed by atoms with E-state index in [9.17, 15) is 0 Å². The van der Waals surface area contributed by atoms with E-state index in [-0.39, 0.29) is 5.85 Å². The van der Waals surface area contributed by atoms with Crippen LogP contribution >= 0.6 is 6.04 Å². The highest BCUT2D eigenvalue weighted by Gasteiger charge is 2.28. The molecule has 0 aliphatic carbocycles. The standard InChI is InChI=1S/C16H27OPS/c1-4-6-13-18(19,14-7-5-2)16(17-3)15-11-9-8-10-12-15/h8-12,16H,4-7,13-14H2,1-3H3. The average Bonchev–Trinajstić information content (AvgIpc) is 2.45. The third-order valence-electron chi connectivity index (χ3n) is 3.52. The predicted octanol–water partition coefficient (Wildman–Crippen LogP) is 5.41. The Bertz CT molecular complexity index is 379. The molecule has 0 bridgehead atoms. The van der Waals surface area contributed by atoms with Gasteiger partial charge in [-0.2, -0.15) is 0 Å². The topological polar surface area (TPSA) is 9.23 Å². The van der Waals surface area contributed by atoms with Crippen LogP contribution in [-0.4, -0.2) is 19.4 Å². The first-order valence-electron chi connectivity index (χ1n) is 7.33. The van der Waals surface area contributed by atoms with E-state index in [0.29, 0.717) is 0 Å². The summed E-state index contributed by atoms with van der Waals surface area (Å²) in [6.07, 6.45) is 7.24. The zero-order chi connectivity index (χ0) is 14.1. The number of hydrogen-bond donors (Lipinski definition) is 0. The van der Waals surface area contributed by atoms with Gasteiger partial charge in [-0.15, -0.1) is 0 Å². The Morgan fingerprint density at radius 3 is 2.00 bits per heavy atom. The van der Waals surface area contributed by atoms with Crippen LogP contribution in [0.4, 0.5) is 0 Å². The van der Waals surface area contributed by atoms with Crippen molar-refractivity contribution in [1.82, 2.24) is 0 Å². The third-order valence-corrected chi connectivity index (χ3v) is 8.70. The second-order valence-corrected chi connectivity index (χ2v) is 10.6. The second kappa shape index (κ2) is 8.89. The van der Waals surface area contributed by atoms with Gasteiger partial charge in [0.15, 0.2) is 0 Å². The maximum absolute atomic E-state index is 6.12. The smallest absolute Gasteiger partial charge is 0.110 e. The van der Waals surface area contributed by atoms with Crippen LogP contribution in [0.3, 0.4) is 0 Å². The molecule has 1 rings (SSSR count). The van der Waals surface area contributed by atoms with Gasteiger partial charge in [-0.05, 0) is 36.8 Å². The molecule has 0 fully saturated rings. The number of unbranched alkanes of at least 4 members (excludes halogenated alkanes) is 2. The van der Waals surface area contributed by atoms with Crippen molar-refractivity contribution in [3.8, 4) is 0 Å². The first kappa shape index (κ1) is 16.9. The molecule has 0 amide bonds. The fourth-order valence-electron chi connectivity index (χ4n) is 2.42. The molecule has 0 heterocycles. The second-order valence-electron chi connectivity index (χ2n) is 5.11. The predicted molar refractivity (Wildman–Crippen MR) is 90.0 cm³/mol. The molecule has 0 aliphatic heterocycles. The van der Waals surface area contributed by atoms with Gasteiger partial charge in [0.25, 0.3) is 0 Å². The number of methoxy groups -OCH3 is 1. The monoisotopic (exact) mass is 298 g/mol. The van der Waals surface area contributed by atoms with Crippen molar-refractivity contribution in [2.75, 3.05) is 19.4 Å². The molecule has 0 saturated heterocycles. The summed E-state index contributed by atoms with van der Waals surface area (Å²) >= 11 is 6.12. The first-order valence-corrected chi connectivity index (χ1v) is 10.6. The van der Waals surface area contributed by atoms with Crippen molar-refractivity contribution in [3.05, 3.63) is 35.9 Å². The Labute approximate surface area is 123 Å². The van der Waals surface area contributed by atoms with Crippen molar-refractivity contribution < 1.29 is 4.74 Å². The molecule has 0 radical (unpaired) electrons. The maximum Gasteiger partial charge on any atom is 0.110 e. The third kappa shape index (κ3) is 5.02. The van der Waals surface area contributed by atoms with Gasteiger partial charge in [-0.25, -0.2) is 0 Å². The molecule has 0 saturated carbocycles. The summed E-state index contributed by atoms with van der Waals surface area (Å²) < 4.78 is 5.84. The molecule has 0 spiro atoms. The summed E-state index contributed by atoms with van der Waals surface area (Å²) in [7, 11) is 1.82. The average molecular weight is 298 g/mol. The van der Waals surface area contributed by atoms with E-state index in [2.05, 4.69) is 44.2 Å². The summed E-state index contributed by atoms with van der Waals surface area (Å²) in [5, 5.41) is 0.